The van der Waals surface area contributed by atoms with Crippen molar-refractivity contribution in [2.75, 3.05) is 0 Å². The lowest BCUT2D eigenvalue weighted by Crippen LogP contribution is -2.44. The van der Waals surface area contributed by atoms with Gasteiger partial charge in [-0.25, -0.2) is 5.06 Å². The molecule has 0 aromatic heterocycles. The van der Waals surface area contributed by atoms with Crippen molar-refractivity contribution in [1.82, 2.24) is 5.06 Å². The van der Waals surface area contributed by atoms with E-state index in [1.165, 1.54) is 0 Å². The Morgan fingerprint density at radius 2 is 2.00 bits per heavy atom. The Kier molecular flexibility index (Phi) is 3.94. The number of carbonyl (C=O) groups excluding carboxylic acids is 1. The van der Waals surface area contributed by atoms with E-state index in [1.807, 2.05) is 0 Å². The predicted octanol–water partition coefficient (Wildman–Crippen LogP) is 2.29. The minimum absolute atomic E-state index is 0.419. The number of hydrogen-bond donors (Lipinski definition) is 2. The second-order valence-corrected chi connectivity index (χ2v) is 4.37. The second-order valence-electron chi connectivity index (χ2n) is 4.37. The highest BCUT2D eigenvalue weighted by Gasteiger charge is 2.30. The zero-order valence-electron chi connectivity index (χ0n) is 9.99. The standard InChI is InChI=1S/C13H16N2O3/c16-13(10-6-2-1-3-7-10)15(18)12-9-5-4-8-11(12)14-17/h1-3,6-7,12,17-18H,4-5,8-9H2. The van der Waals surface area contributed by atoms with Gasteiger partial charge in [0.25, 0.3) is 5.91 Å². The normalized spacial score (nSPS) is 21.8. The lowest BCUT2D eigenvalue weighted by atomic mass is 9.93. The van der Waals surface area contributed by atoms with Crippen LogP contribution in [0.2, 0.25) is 0 Å². The van der Waals surface area contributed by atoms with Crippen molar-refractivity contribution in [3.05, 3.63) is 35.9 Å². The van der Waals surface area contributed by atoms with Crippen molar-refractivity contribution < 1.29 is 15.2 Å². The van der Waals surface area contributed by atoms with Crippen LogP contribution in [0.3, 0.4) is 0 Å². The van der Waals surface area contributed by atoms with Crippen LogP contribution in [-0.2, 0) is 0 Å². The second kappa shape index (κ2) is 5.64. The van der Waals surface area contributed by atoms with Crippen LogP contribution < -0.4 is 0 Å². The predicted molar refractivity (Wildman–Crippen MR) is 65.9 cm³/mol. The molecule has 1 saturated carbocycles. The average Bonchev–Trinajstić information content (AvgIpc) is 2.46. The van der Waals surface area contributed by atoms with Crippen molar-refractivity contribution in [2.24, 2.45) is 5.16 Å². The number of carbonyl (C=O) groups is 1. The third kappa shape index (κ3) is 2.51. The maximum absolute atomic E-state index is 12.0. The van der Waals surface area contributed by atoms with Gasteiger partial charge in [0.1, 0.15) is 6.04 Å². The molecule has 0 saturated heterocycles. The van der Waals surface area contributed by atoms with E-state index in [2.05, 4.69) is 5.16 Å². The van der Waals surface area contributed by atoms with Crippen LogP contribution in [0, 0.1) is 0 Å². The number of hydroxylamine groups is 2. The molecule has 1 fully saturated rings. The Hall–Kier alpha value is -1.88. The molecular formula is C13H16N2O3. The molecule has 1 aromatic carbocycles. The molecule has 5 heteroatoms. The van der Waals surface area contributed by atoms with Crippen LogP contribution >= 0.6 is 0 Å². The van der Waals surface area contributed by atoms with Crippen molar-refractivity contribution in [3.8, 4) is 0 Å². The van der Waals surface area contributed by atoms with Crippen LogP contribution in [0.4, 0.5) is 0 Å². The summed E-state index contributed by atoms with van der Waals surface area (Å²) < 4.78 is 0. The Morgan fingerprint density at radius 1 is 1.28 bits per heavy atom. The topological polar surface area (TPSA) is 73.1 Å². The molecule has 1 aliphatic rings. The largest absolute Gasteiger partial charge is 0.411 e. The van der Waals surface area contributed by atoms with E-state index < -0.39 is 11.9 Å². The molecule has 5 nitrogen and oxygen atoms in total. The van der Waals surface area contributed by atoms with E-state index in [0.717, 1.165) is 12.8 Å². The maximum atomic E-state index is 12.0. The lowest BCUT2D eigenvalue weighted by molar-refractivity contribution is -0.0760. The van der Waals surface area contributed by atoms with E-state index in [0.29, 0.717) is 29.2 Å². The molecule has 0 aliphatic heterocycles. The molecule has 18 heavy (non-hydrogen) atoms. The first-order chi connectivity index (χ1) is 8.74. The summed E-state index contributed by atoms with van der Waals surface area (Å²) in [7, 11) is 0. The highest BCUT2D eigenvalue weighted by atomic mass is 16.5. The Morgan fingerprint density at radius 3 is 2.67 bits per heavy atom. The molecule has 1 unspecified atom stereocenters. The number of oxime groups is 1. The third-order valence-corrected chi connectivity index (χ3v) is 3.20. The summed E-state index contributed by atoms with van der Waals surface area (Å²) in [5.74, 6) is -0.469. The molecule has 1 aliphatic carbocycles. The fourth-order valence-corrected chi connectivity index (χ4v) is 2.21. The quantitative estimate of drug-likeness (QED) is 0.479. The average molecular weight is 248 g/mol. The third-order valence-electron chi connectivity index (χ3n) is 3.20. The summed E-state index contributed by atoms with van der Waals surface area (Å²) >= 11 is 0. The fraction of sp³-hybridized carbons (Fsp3) is 0.385. The molecule has 1 aromatic rings. The summed E-state index contributed by atoms with van der Waals surface area (Å²) in [6.45, 7) is 0. The Bertz CT molecular complexity index is 445. The summed E-state index contributed by atoms with van der Waals surface area (Å²) in [6.07, 6.45) is 3.06. The first kappa shape index (κ1) is 12.6. The van der Waals surface area contributed by atoms with E-state index in [9.17, 15) is 10.0 Å². The van der Waals surface area contributed by atoms with E-state index >= 15 is 0 Å². The summed E-state index contributed by atoms with van der Waals surface area (Å²) in [5.41, 5.74) is 0.885. The molecule has 2 rings (SSSR count). The first-order valence-corrected chi connectivity index (χ1v) is 6.02. The van der Waals surface area contributed by atoms with Gasteiger partial charge in [0.15, 0.2) is 0 Å². The van der Waals surface area contributed by atoms with Gasteiger partial charge in [0, 0.05) is 5.56 Å². The van der Waals surface area contributed by atoms with Crippen molar-refractivity contribution in [1.29, 1.82) is 0 Å². The van der Waals surface area contributed by atoms with Crippen molar-refractivity contribution in [3.63, 3.8) is 0 Å². The number of rotatable bonds is 2. The van der Waals surface area contributed by atoms with E-state index in [4.69, 9.17) is 5.21 Å². The first-order valence-electron chi connectivity index (χ1n) is 6.02. The summed E-state index contributed by atoms with van der Waals surface area (Å²) in [5, 5.41) is 22.8. The van der Waals surface area contributed by atoms with Crippen LogP contribution in [-0.4, -0.2) is 33.1 Å². The number of hydrogen-bond acceptors (Lipinski definition) is 4. The smallest absolute Gasteiger partial charge is 0.277 e. The molecule has 0 spiro atoms. The summed E-state index contributed by atoms with van der Waals surface area (Å²) in [4.78, 5) is 12.0. The molecule has 0 bridgehead atoms. The van der Waals surface area contributed by atoms with Gasteiger partial charge >= 0.3 is 0 Å². The van der Waals surface area contributed by atoms with Crippen LogP contribution in [0.25, 0.3) is 0 Å². The summed E-state index contributed by atoms with van der Waals surface area (Å²) in [6, 6.07) is 8.05. The van der Waals surface area contributed by atoms with E-state index in [-0.39, 0.29) is 0 Å². The molecule has 96 valence electrons. The van der Waals surface area contributed by atoms with Gasteiger partial charge in [-0.2, -0.15) is 0 Å². The van der Waals surface area contributed by atoms with Crippen LogP contribution in [0.1, 0.15) is 36.0 Å². The van der Waals surface area contributed by atoms with E-state index in [1.54, 1.807) is 30.3 Å². The monoisotopic (exact) mass is 248 g/mol. The van der Waals surface area contributed by atoms with Crippen LogP contribution in [0.15, 0.2) is 35.5 Å². The van der Waals surface area contributed by atoms with Gasteiger partial charge in [-0.05, 0) is 31.4 Å². The number of nitrogens with zero attached hydrogens (tertiary/aromatic N) is 2. The SMILES string of the molecule is O=C(c1ccccc1)N(O)C1CCCCC1=NO. The molecule has 0 heterocycles. The minimum atomic E-state index is -0.517. The van der Waals surface area contributed by atoms with Gasteiger partial charge in [-0.15, -0.1) is 0 Å². The van der Waals surface area contributed by atoms with Crippen molar-refractivity contribution >= 4 is 11.6 Å². The minimum Gasteiger partial charge on any atom is -0.411 e. The number of benzene rings is 1. The zero-order chi connectivity index (χ0) is 13.0. The van der Waals surface area contributed by atoms with Gasteiger partial charge in [-0.1, -0.05) is 29.8 Å². The molecule has 2 N–H and O–H groups in total. The van der Waals surface area contributed by atoms with Crippen molar-refractivity contribution in [2.45, 2.75) is 31.7 Å². The Balaban J connectivity index is 2.15. The zero-order valence-corrected chi connectivity index (χ0v) is 9.99. The molecular weight excluding hydrogens is 232 g/mol. The van der Waals surface area contributed by atoms with Gasteiger partial charge in [0.05, 0.1) is 5.71 Å². The molecule has 1 amide bonds. The number of amides is 1. The maximum Gasteiger partial charge on any atom is 0.277 e. The Labute approximate surface area is 105 Å². The fourth-order valence-electron chi connectivity index (χ4n) is 2.21. The molecule has 1 atom stereocenters. The van der Waals surface area contributed by atoms with Gasteiger partial charge in [0.2, 0.25) is 0 Å². The van der Waals surface area contributed by atoms with Gasteiger partial charge < -0.3 is 5.21 Å². The van der Waals surface area contributed by atoms with Crippen LogP contribution in [0.5, 0.6) is 0 Å². The highest BCUT2D eigenvalue weighted by Crippen LogP contribution is 2.21. The lowest BCUT2D eigenvalue weighted by Gasteiger charge is -2.29. The van der Waals surface area contributed by atoms with Gasteiger partial charge in [-0.3, -0.25) is 10.0 Å². The molecule has 0 radical (unpaired) electrons. The highest BCUT2D eigenvalue weighted by molar-refractivity contribution is 5.98.